The molecule has 3 heteroatoms. The highest BCUT2D eigenvalue weighted by molar-refractivity contribution is 5.86. The lowest BCUT2D eigenvalue weighted by Gasteiger charge is -2.25. The number of amides is 1. The molecule has 1 aromatic heterocycles. The smallest absolute Gasteiger partial charge is 0.227 e. The van der Waals surface area contributed by atoms with Gasteiger partial charge in [0.05, 0.1) is 11.9 Å². The minimum Gasteiger partial charge on any atom is -0.342 e. The maximum absolute atomic E-state index is 12.6. The van der Waals surface area contributed by atoms with E-state index in [0.29, 0.717) is 18.4 Å². The lowest BCUT2D eigenvalue weighted by atomic mass is 9.99. The minimum atomic E-state index is 0.197. The molecule has 1 atom stereocenters. The molecule has 0 spiro atoms. The number of carbonyl (C=O) groups excluding carboxylic acids is 1. The van der Waals surface area contributed by atoms with Gasteiger partial charge in [-0.2, -0.15) is 0 Å². The van der Waals surface area contributed by atoms with Crippen LogP contribution in [-0.4, -0.2) is 28.9 Å². The number of hydrogen-bond acceptors (Lipinski definition) is 2. The molecule has 3 nitrogen and oxygen atoms in total. The highest BCUT2D eigenvalue weighted by atomic mass is 16.2. The second-order valence-electron chi connectivity index (χ2n) is 6.58. The summed E-state index contributed by atoms with van der Waals surface area (Å²) in [4.78, 5) is 19.2. The van der Waals surface area contributed by atoms with Crippen LogP contribution in [0.3, 0.4) is 0 Å². The van der Waals surface area contributed by atoms with Crippen LogP contribution in [0.2, 0.25) is 0 Å². The van der Waals surface area contributed by atoms with Crippen LogP contribution in [0.5, 0.6) is 0 Å². The number of fused-ring (bicyclic) bond motifs is 1. The molecule has 0 aliphatic heterocycles. The van der Waals surface area contributed by atoms with Crippen molar-refractivity contribution in [3.8, 4) is 0 Å². The Morgan fingerprint density at radius 3 is 2.68 bits per heavy atom. The van der Waals surface area contributed by atoms with E-state index in [1.807, 2.05) is 37.1 Å². The van der Waals surface area contributed by atoms with E-state index in [1.54, 1.807) is 0 Å². The number of rotatable bonds is 4. The summed E-state index contributed by atoms with van der Waals surface area (Å²) in [5.41, 5.74) is 4.24. The molecule has 0 N–H and O–H groups in total. The number of carbonyl (C=O) groups is 1. The summed E-state index contributed by atoms with van der Waals surface area (Å²) in [6.45, 7) is 6.27. The first-order valence-electron chi connectivity index (χ1n) is 8.09. The zero-order valence-electron chi connectivity index (χ0n) is 13.9. The monoisotopic (exact) mass is 296 g/mol. The molecule has 1 aliphatic rings. The summed E-state index contributed by atoms with van der Waals surface area (Å²) in [7, 11) is 1.93. The number of hydrogen-bond donors (Lipinski definition) is 0. The molecular formula is C19H24N2O. The fourth-order valence-electron chi connectivity index (χ4n) is 3.23. The molecule has 3 rings (SSSR count). The standard InChI is InChI=1S/C19H24N2O/c1-12-16-7-5-6-8-18(16)20-13(2)17(12)11-19(22)21(4)14(3)15-9-10-15/h5-8,14-15H,9-11H2,1-4H3. The average molecular weight is 296 g/mol. The fraction of sp³-hybridized carbons (Fsp3) is 0.474. The van der Waals surface area contributed by atoms with Crippen molar-refractivity contribution in [2.45, 2.75) is 46.1 Å². The van der Waals surface area contributed by atoms with Crippen LogP contribution in [0, 0.1) is 19.8 Å². The molecule has 2 aromatic rings. The van der Waals surface area contributed by atoms with Gasteiger partial charge < -0.3 is 4.90 Å². The number of nitrogens with zero attached hydrogens (tertiary/aromatic N) is 2. The van der Waals surface area contributed by atoms with Crippen molar-refractivity contribution in [2.24, 2.45) is 5.92 Å². The Bertz CT molecular complexity index is 719. The van der Waals surface area contributed by atoms with Gasteiger partial charge in [0.1, 0.15) is 0 Å². The van der Waals surface area contributed by atoms with E-state index in [0.717, 1.165) is 22.2 Å². The molecule has 116 valence electrons. The molecule has 1 amide bonds. The van der Waals surface area contributed by atoms with Crippen molar-refractivity contribution in [3.05, 3.63) is 41.1 Å². The van der Waals surface area contributed by atoms with E-state index in [-0.39, 0.29) is 5.91 Å². The summed E-state index contributed by atoms with van der Waals surface area (Å²) in [5, 5.41) is 1.15. The van der Waals surface area contributed by atoms with Crippen LogP contribution in [0.15, 0.2) is 24.3 Å². The van der Waals surface area contributed by atoms with Crippen molar-refractivity contribution < 1.29 is 4.79 Å². The van der Waals surface area contributed by atoms with Gasteiger partial charge in [0.15, 0.2) is 0 Å². The summed E-state index contributed by atoms with van der Waals surface area (Å²) in [5.74, 6) is 0.897. The Hall–Kier alpha value is -1.90. The van der Waals surface area contributed by atoms with E-state index < -0.39 is 0 Å². The van der Waals surface area contributed by atoms with Gasteiger partial charge in [-0.15, -0.1) is 0 Å². The van der Waals surface area contributed by atoms with Crippen LogP contribution >= 0.6 is 0 Å². The second-order valence-corrected chi connectivity index (χ2v) is 6.58. The molecule has 1 heterocycles. The van der Waals surface area contributed by atoms with Crippen molar-refractivity contribution in [1.29, 1.82) is 0 Å². The quantitative estimate of drug-likeness (QED) is 0.863. The maximum Gasteiger partial charge on any atom is 0.227 e. The molecule has 22 heavy (non-hydrogen) atoms. The third kappa shape index (κ3) is 2.72. The zero-order valence-corrected chi connectivity index (χ0v) is 13.9. The molecule has 1 fully saturated rings. The van der Waals surface area contributed by atoms with Gasteiger partial charge in [-0.25, -0.2) is 0 Å². The largest absolute Gasteiger partial charge is 0.342 e. The number of para-hydroxylation sites is 1. The third-order valence-electron chi connectivity index (χ3n) is 5.12. The van der Waals surface area contributed by atoms with E-state index in [2.05, 4.69) is 24.9 Å². The van der Waals surface area contributed by atoms with Crippen molar-refractivity contribution in [1.82, 2.24) is 9.88 Å². The lowest BCUT2D eigenvalue weighted by molar-refractivity contribution is -0.131. The third-order valence-corrected chi connectivity index (χ3v) is 5.12. The van der Waals surface area contributed by atoms with Gasteiger partial charge in [0.2, 0.25) is 5.91 Å². The summed E-state index contributed by atoms with van der Waals surface area (Å²) in [6.07, 6.45) is 2.96. The summed E-state index contributed by atoms with van der Waals surface area (Å²) in [6, 6.07) is 8.49. The average Bonchev–Trinajstić information content (AvgIpc) is 3.34. The topological polar surface area (TPSA) is 33.2 Å². The van der Waals surface area contributed by atoms with E-state index in [9.17, 15) is 4.79 Å². The second kappa shape index (κ2) is 5.71. The Balaban J connectivity index is 1.88. The molecule has 0 bridgehead atoms. The van der Waals surface area contributed by atoms with E-state index >= 15 is 0 Å². The van der Waals surface area contributed by atoms with Crippen molar-refractivity contribution in [3.63, 3.8) is 0 Å². The maximum atomic E-state index is 12.6. The number of benzene rings is 1. The highest BCUT2D eigenvalue weighted by Crippen LogP contribution is 2.35. The lowest BCUT2D eigenvalue weighted by Crippen LogP contribution is -2.37. The van der Waals surface area contributed by atoms with Crippen LogP contribution in [0.25, 0.3) is 10.9 Å². The van der Waals surface area contributed by atoms with Gasteiger partial charge in [0.25, 0.3) is 0 Å². The molecule has 1 aromatic carbocycles. The Labute approximate surface area is 132 Å². The van der Waals surface area contributed by atoms with Gasteiger partial charge in [0, 0.05) is 24.2 Å². The molecular weight excluding hydrogens is 272 g/mol. The van der Waals surface area contributed by atoms with Crippen LogP contribution < -0.4 is 0 Å². The van der Waals surface area contributed by atoms with Gasteiger partial charge in [-0.1, -0.05) is 18.2 Å². The van der Waals surface area contributed by atoms with Crippen molar-refractivity contribution in [2.75, 3.05) is 7.05 Å². The van der Waals surface area contributed by atoms with Gasteiger partial charge in [-0.05, 0) is 56.7 Å². The zero-order chi connectivity index (χ0) is 15.9. The fourth-order valence-corrected chi connectivity index (χ4v) is 3.23. The first-order chi connectivity index (χ1) is 10.5. The Kier molecular flexibility index (Phi) is 3.90. The highest BCUT2D eigenvalue weighted by Gasteiger charge is 2.32. The molecule has 1 saturated carbocycles. The number of aromatic nitrogens is 1. The van der Waals surface area contributed by atoms with Crippen molar-refractivity contribution >= 4 is 16.8 Å². The molecule has 1 unspecified atom stereocenters. The van der Waals surface area contributed by atoms with E-state index in [1.165, 1.54) is 18.4 Å². The number of aryl methyl sites for hydroxylation is 2. The van der Waals surface area contributed by atoms with Crippen LogP contribution in [-0.2, 0) is 11.2 Å². The van der Waals surface area contributed by atoms with E-state index in [4.69, 9.17) is 0 Å². The molecule has 1 aliphatic carbocycles. The van der Waals surface area contributed by atoms with Crippen LogP contribution in [0.4, 0.5) is 0 Å². The summed E-state index contributed by atoms with van der Waals surface area (Å²) < 4.78 is 0. The summed E-state index contributed by atoms with van der Waals surface area (Å²) >= 11 is 0. The first-order valence-corrected chi connectivity index (χ1v) is 8.09. The first kappa shape index (κ1) is 15.0. The van der Waals surface area contributed by atoms with Gasteiger partial charge >= 0.3 is 0 Å². The minimum absolute atomic E-state index is 0.197. The normalized spacial score (nSPS) is 15.8. The Morgan fingerprint density at radius 1 is 1.32 bits per heavy atom. The number of pyridine rings is 1. The molecule has 0 radical (unpaired) electrons. The number of likely N-dealkylation sites (N-methyl/N-ethyl adjacent to an activating group) is 1. The SMILES string of the molecule is Cc1nc2ccccc2c(C)c1CC(=O)N(C)C(C)C1CC1. The van der Waals surface area contributed by atoms with Crippen LogP contribution in [0.1, 0.15) is 36.6 Å². The van der Waals surface area contributed by atoms with Gasteiger partial charge in [-0.3, -0.25) is 9.78 Å². The molecule has 0 saturated heterocycles. The predicted octanol–water partition coefficient (Wildman–Crippen LogP) is 3.65. The predicted molar refractivity (Wildman–Crippen MR) is 89.9 cm³/mol. The Morgan fingerprint density at radius 2 is 2.00 bits per heavy atom.